The summed E-state index contributed by atoms with van der Waals surface area (Å²) < 4.78 is 7.74. The van der Waals surface area contributed by atoms with Gasteiger partial charge in [-0.05, 0) is 24.8 Å². The van der Waals surface area contributed by atoms with Gasteiger partial charge in [0.25, 0.3) is 0 Å². The van der Waals surface area contributed by atoms with Gasteiger partial charge in [-0.3, -0.25) is 0 Å². The standard InChI is InChI=1S/C21H27N5O3/c1-13-8-17(26-12-23-18-14(2)24-20(22)25-19(18)26)21(28,11-27)16(13)10-29-9-15-6-4-3-5-7-15/h3-7,12-13,16-17,27-28H,8-11H2,1-2H3,(H2,22,24,25)/t13-,16+,17-,21-/m0/s1. The van der Waals surface area contributed by atoms with E-state index in [4.69, 9.17) is 10.5 Å². The van der Waals surface area contributed by atoms with Crippen LogP contribution in [0.1, 0.15) is 30.6 Å². The third-order valence-corrected chi connectivity index (χ3v) is 6.11. The Labute approximate surface area is 169 Å². The molecule has 1 saturated carbocycles. The van der Waals surface area contributed by atoms with Crippen LogP contribution in [0.2, 0.25) is 0 Å². The van der Waals surface area contributed by atoms with Gasteiger partial charge in [-0.25, -0.2) is 9.97 Å². The van der Waals surface area contributed by atoms with Crippen molar-refractivity contribution in [3.05, 3.63) is 47.9 Å². The van der Waals surface area contributed by atoms with E-state index in [1.807, 2.05) is 41.8 Å². The largest absolute Gasteiger partial charge is 0.393 e. The fraction of sp³-hybridized carbons (Fsp3) is 0.476. The molecule has 0 amide bonds. The summed E-state index contributed by atoms with van der Waals surface area (Å²) in [4.78, 5) is 12.9. The zero-order chi connectivity index (χ0) is 20.6. The van der Waals surface area contributed by atoms with Crippen LogP contribution in [0.25, 0.3) is 11.2 Å². The highest BCUT2D eigenvalue weighted by molar-refractivity contribution is 5.74. The topological polar surface area (TPSA) is 119 Å². The van der Waals surface area contributed by atoms with Crippen LogP contribution in [0.15, 0.2) is 36.7 Å². The molecule has 0 radical (unpaired) electrons. The van der Waals surface area contributed by atoms with Gasteiger partial charge in [-0.15, -0.1) is 0 Å². The summed E-state index contributed by atoms with van der Waals surface area (Å²) in [7, 11) is 0. The summed E-state index contributed by atoms with van der Waals surface area (Å²) in [6.45, 7) is 4.35. The number of imidazole rings is 1. The lowest BCUT2D eigenvalue weighted by molar-refractivity contribution is -0.0992. The maximum Gasteiger partial charge on any atom is 0.222 e. The van der Waals surface area contributed by atoms with E-state index in [-0.39, 0.29) is 30.4 Å². The number of nitrogens with two attached hydrogens (primary N) is 1. The smallest absolute Gasteiger partial charge is 0.222 e. The van der Waals surface area contributed by atoms with Crippen LogP contribution in [0.4, 0.5) is 5.95 Å². The number of hydrogen-bond acceptors (Lipinski definition) is 7. The van der Waals surface area contributed by atoms with Crippen LogP contribution in [0.5, 0.6) is 0 Å². The Hall–Kier alpha value is -2.55. The molecule has 3 aromatic rings. The van der Waals surface area contributed by atoms with Crippen LogP contribution >= 0.6 is 0 Å². The first-order chi connectivity index (χ1) is 13.9. The molecule has 4 rings (SSSR count). The van der Waals surface area contributed by atoms with E-state index in [2.05, 4.69) is 21.9 Å². The number of benzene rings is 1. The maximum absolute atomic E-state index is 11.5. The van der Waals surface area contributed by atoms with Crippen molar-refractivity contribution in [1.29, 1.82) is 0 Å². The van der Waals surface area contributed by atoms with E-state index < -0.39 is 5.60 Å². The van der Waals surface area contributed by atoms with Crippen molar-refractivity contribution in [3.63, 3.8) is 0 Å². The number of aliphatic hydroxyl groups is 2. The molecule has 4 N–H and O–H groups in total. The number of rotatable bonds is 6. The van der Waals surface area contributed by atoms with Gasteiger partial charge in [0.15, 0.2) is 5.65 Å². The molecule has 0 spiro atoms. The molecule has 8 nitrogen and oxygen atoms in total. The highest BCUT2D eigenvalue weighted by Crippen LogP contribution is 2.48. The molecular weight excluding hydrogens is 370 g/mol. The molecule has 2 aromatic heterocycles. The molecule has 154 valence electrons. The number of ether oxygens (including phenoxy) is 1. The van der Waals surface area contributed by atoms with Gasteiger partial charge in [0.2, 0.25) is 5.95 Å². The van der Waals surface area contributed by atoms with Gasteiger partial charge < -0.3 is 25.3 Å². The van der Waals surface area contributed by atoms with E-state index in [0.29, 0.717) is 36.5 Å². The number of fused-ring (bicyclic) bond motifs is 1. The predicted molar refractivity (Wildman–Crippen MR) is 109 cm³/mol. The Morgan fingerprint density at radius 1 is 1.28 bits per heavy atom. The molecule has 2 heterocycles. The molecule has 0 aliphatic heterocycles. The summed E-state index contributed by atoms with van der Waals surface area (Å²) in [6, 6.07) is 9.52. The molecule has 29 heavy (non-hydrogen) atoms. The first-order valence-corrected chi connectivity index (χ1v) is 9.85. The molecule has 8 heteroatoms. The fourth-order valence-electron chi connectivity index (χ4n) is 4.53. The summed E-state index contributed by atoms with van der Waals surface area (Å²) in [6.07, 6.45) is 2.32. The molecule has 0 bridgehead atoms. The van der Waals surface area contributed by atoms with E-state index in [1.165, 1.54) is 0 Å². The van der Waals surface area contributed by atoms with Crippen molar-refractivity contribution in [2.24, 2.45) is 11.8 Å². The molecule has 1 aromatic carbocycles. The van der Waals surface area contributed by atoms with Crippen LogP contribution in [0, 0.1) is 18.8 Å². The minimum atomic E-state index is -1.35. The average Bonchev–Trinajstić information content (AvgIpc) is 3.23. The predicted octanol–water partition coefficient (Wildman–Crippen LogP) is 1.85. The number of aromatic nitrogens is 4. The van der Waals surface area contributed by atoms with Crippen LogP contribution < -0.4 is 5.73 Å². The van der Waals surface area contributed by atoms with Crippen LogP contribution in [-0.2, 0) is 11.3 Å². The number of anilines is 1. The van der Waals surface area contributed by atoms with Crippen LogP contribution in [-0.4, -0.2) is 48.5 Å². The Morgan fingerprint density at radius 3 is 2.76 bits per heavy atom. The zero-order valence-corrected chi connectivity index (χ0v) is 16.7. The number of nitrogen functional groups attached to an aromatic ring is 1. The third kappa shape index (κ3) is 3.48. The molecule has 1 aliphatic carbocycles. The molecule has 1 aliphatic rings. The highest BCUT2D eigenvalue weighted by atomic mass is 16.5. The summed E-state index contributed by atoms with van der Waals surface area (Å²) in [5.74, 6) is 0.0858. The van der Waals surface area contributed by atoms with Crippen molar-refractivity contribution in [1.82, 2.24) is 19.5 Å². The van der Waals surface area contributed by atoms with Crippen molar-refractivity contribution in [3.8, 4) is 0 Å². The third-order valence-electron chi connectivity index (χ3n) is 6.11. The Balaban J connectivity index is 1.59. The summed E-state index contributed by atoms with van der Waals surface area (Å²) in [5.41, 5.74) is 7.47. The number of nitrogens with zero attached hydrogens (tertiary/aromatic N) is 4. The van der Waals surface area contributed by atoms with E-state index in [9.17, 15) is 10.2 Å². The maximum atomic E-state index is 11.5. The Bertz CT molecular complexity index is 993. The molecule has 0 unspecified atom stereocenters. The highest BCUT2D eigenvalue weighted by Gasteiger charge is 2.53. The molecule has 4 atom stereocenters. The number of aliphatic hydroxyl groups excluding tert-OH is 1. The number of aryl methyl sites for hydroxylation is 1. The minimum absolute atomic E-state index is 0.144. The summed E-state index contributed by atoms with van der Waals surface area (Å²) in [5, 5.41) is 21.7. The number of hydrogen-bond donors (Lipinski definition) is 3. The van der Waals surface area contributed by atoms with Gasteiger partial charge in [-0.1, -0.05) is 37.3 Å². The van der Waals surface area contributed by atoms with Gasteiger partial charge >= 0.3 is 0 Å². The summed E-state index contributed by atoms with van der Waals surface area (Å²) >= 11 is 0. The van der Waals surface area contributed by atoms with Crippen molar-refractivity contribution in [2.45, 2.75) is 38.5 Å². The van der Waals surface area contributed by atoms with E-state index >= 15 is 0 Å². The molecular formula is C21H27N5O3. The second kappa shape index (κ2) is 7.70. The Morgan fingerprint density at radius 2 is 2.03 bits per heavy atom. The van der Waals surface area contributed by atoms with Gasteiger partial charge in [0, 0.05) is 5.92 Å². The van der Waals surface area contributed by atoms with E-state index in [0.717, 1.165) is 5.56 Å². The average molecular weight is 397 g/mol. The lowest BCUT2D eigenvalue weighted by Gasteiger charge is -2.34. The van der Waals surface area contributed by atoms with Crippen LogP contribution in [0.3, 0.4) is 0 Å². The normalized spacial score (nSPS) is 27.0. The van der Waals surface area contributed by atoms with E-state index in [1.54, 1.807) is 6.33 Å². The lowest BCUT2D eigenvalue weighted by Crippen LogP contribution is -2.46. The fourth-order valence-corrected chi connectivity index (χ4v) is 4.53. The monoisotopic (exact) mass is 397 g/mol. The lowest BCUT2D eigenvalue weighted by atomic mass is 9.86. The van der Waals surface area contributed by atoms with Gasteiger partial charge in [0.1, 0.15) is 11.1 Å². The first-order valence-electron chi connectivity index (χ1n) is 9.85. The molecule has 0 saturated heterocycles. The van der Waals surface area contributed by atoms with Crippen molar-refractivity contribution < 1.29 is 14.9 Å². The quantitative estimate of drug-likeness (QED) is 0.581. The Kier molecular flexibility index (Phi) is 5.24. The van der Waals surface area contributed by atoms with Crippen molar-refractivity contribution >= 4 is 17.1 Å². The second-order valence-electron chi connectivity index (χ2n) is 7.98. The van der Waals surface area contributed by atoms with Crippen molar-refractivity contribution in [2.75, 3.05) is 18.9 Å². The SMILES string of the molecule is Cc1nc(N)nc2c1ncn2[C@H]1C[C@H](C)[C@@H](COCc2ccccc2)[C@@]1(O)CO. The molecule has 1 fully saturated rings. The van der Waals surface area contributed by atoms with Gasteiger partial charge in [0.05, 0.1) is 37.9 Å². The first kappa shape index (κ1) is 19.8. The van der Waals surface area contributed by atoms with Gasteiger partial charge in [-0.2, -0.15) is 4.98 Å². The zero-order valence-electron chi connectivity index (χ0n) is 16.7. The minimum Gasteiger partial charge on any atom is -0.393 e. The second-order valence-corrected chi connectivity index (χ2v) is 7.98.